The lowest BCUT2D eigenvalue weighted by Crippen LogP contribution is -2.19. The predicted octanol–water partition coefficient (Wildman–Crippen LogP) is 5.07. The van der Waals surface area contributed by atoms with Crippen molar-refractivity contribution in [1.82, 2.24) is 0 Å². The number of halogens is 2. The van der Waals surface area contributed by atoms with Gasteiger partial charge in [0, 0.05) is 24.0 Å². The Balaban J connectivity index is 2.10. The second kappa shape index (κ2) is 7.64. The number of nitrogens with one attached hydrogen (secondary N) is 3. The fourth-order valence-corrected chi connectivity index (χ4v) is 2.42. The van der Waals surface area contributed by atoms with Crippen molar-refractivity contribution in [3.8, 4) is 0 Å². The summed E-state index contributed by atoms with van der Waals surface area (Å²) in [5, 5.41) is 10.2. The van der Waals surface area contributed by atoms with Crippen molar-refractivity contribution in [3.63, 3.8) is 0 Å². The molecular formula is C16H15Cl2N3OS. The van der Waals surface area contributed by atoms with Crippen molar-refractivity contribution >= 4 is 63.5 Å². The molecule has 0 spiro atoms. The van der Waals surface area contributed by atoms with Crippen LogP contribution in [0.1, 0.15) is 12.5 Å². The highest BCUT2D eigenvalue weighted by Crippen LogP contribution is 2.25. The van der Waals surface area contributed by atoms with Gasteiger partial charge in [0.2, 0.25) is 5.91 Å². The maximum atomic E-state index is 11.1. The number of hydrogen-bond acceptors (Lipinski definition) is 2. The minimum atomic E-state index is -0.128. The van der Waals surface area contributed by atoms with E-state index in [0.29, 0.717) is 20.8 Å². The second-order valence-corrected chi connectivity index (χ2v) is 6.14. The molecule has 120 valence electrons. The number of rotatable bonds is 3. The molecule has 0 saturated carbocycles. The summed E-state index contributed by atoms with van der Waals surface area (Å²) in [6.07, 6.45) is 0. The molecule has 0 radical (unpaired) electrons. The van der Waals surface area contributed by atoms with E-state index in [1.807, 2.05) is 25.1 Å². The fraction of sp³-hybridized carbons (Fsp3) is 0.125. The Morgan fingerprint density at radius 3 is 2.26 bits per heavy atom. The van der Waals surface area contributed by atoms with Crippen molar-refractivity contribution in [2.24, 2.45) is 0 Å². The third kappa shape index (κ3) is 5.10. The Morgan fingerprint density at radius 2 is 1.61 bits per heavy atom. The van der Waals surface area contributed by atoms with Crippen LogP contribution < -0.4 is 16.0 Å². The Morgan fingerprint density at radius 1 is 0.957 bits per heavy atom. The molecule has 0 heterocycles. The van der Waals surface area contributed by atoms with Gasteiger partial charge in [-0.05, 0) is 55.0 Å². The lowest BCUT2D eigenvalue weighted by atomic mass is 10.2. The topological polar surface area (TPSA) is 53.2 Å². The van der Waals surface area contributed by atoms with E-state index in [1.165, 1.54) is 6.92 Å². The molecule has 0 aliphatic rings. The number of amides is 1. The monoisotopic (exact) mass is 367 g/mol. The molecule has 0 unspecified atom stereocenters. The van der Waals surface area contributed by atoms with Crippen molar-refractivity contribution in [2.45, 2.75) is 13.8 Å². The first-order valence-corrected chi connectivity index (χ1v) is 7.93. The lowest BCUT2D eigenvalue weighted by molar-refractivity contribution is -0.114. The van der Waals surface area contributed by atoms with Crippen LogP contribution in [-0.2, 0) is 4.79 Å². The van der Waals surface area contributed by atoms with Gasteiger partial charge in [0.05, 0.1) is 10.0 Å². The van der Waals surface area contributed by atoms with Gasteiger partial charge in [0.15, 0.2) is 5.11 Å². The van der Waals surface area contributed by atoms with E-state index < -0.39 is 0 Å². The SMILES string of the molecule is CC(=O)Nc1ccc(C)c(NC(=S)Nc2ccc(Cl)c(Cl)c2)c1. The molecule has 0 bridgehead atoms. The summed E-state index contributed by atoms with van der Waals surface area (Å²) >= 11 is 17.2. The van der Waals surface area contributed by atoms with Crippen LogP contribution in [0.5, 0.6) is 0 Å². The van der Waals surface area contributed by atoms with Crippen LogP contribution in [0.25, 0.3) is 0 Å². The number of hydrogen-bond donors (Lipinski definition) is 3. The third-order valence-corrected chi connectivity index (χ3v) is 3.93. The third-order valence-electron chi connectivity index (χ3n) is 2.98. The van der Waals surface area contributed by atoms with Gasteiger partial charge < -0.3 is 16.0 Å². The normalized spacial score (nSPS) is 10.1. The van der Waals surface area contributed by atoms with E-state index in [2.05, 4.69) is 16.0 Å². The van der Waals surface area contributed by atoms with Gasteiger partial charge in [-0.25, -0.2) is 0 Å². The standard InChI is InChI=1S/C16H15Cl2N3OS/c1-9-3-4-12(19-10(2)22)8-15(9)21-16(23)20-11-5-6-13(17)14(18)7-11/h3-8H,1-2H3,(H,19,22)(H2,20,21,23). The average molecular weight is 368 g/mol. The van der Waals surface area contributed by atoms with E-state index in [9.17, 15) is 4.79 Å². The minimum absolute atomic E-state index is 0.128. The lowest BCUT2D eigenvalue weighted by Gasteiger charge is -2.14. The first kappa shape index (κ1) is 17.5. The van der Waals surface area contributed by atoms with Gasteiger partial charge in [-0.2, -0.15) is 0 Å². The molecule has 1 amide bonds. The van der Waals surface area contributed by atoms with Gasteiger partial charge in [0.1, 0.15) is 0 Å². The van der Waals surface area contributed by atoms with E-state index in [0.717, 1.165) is 16.9 Å². The van der Waals surface area contributed by atoms with E-state index >= 15 is 0 Å². The largest absolute Gasteiger partial charge is 0.332 e. The van der Waals surface area contributed by atoms with E-state index in [4.69, 9.17) is 35.4 Å². The zero-order chi connectivity index (χ0) is 17.0. The summed E-state index contributed by atoms with van der Waals surface area (Å²) in [7, 11) is 0. The highest BCUT2D eigenvalue weighted by atomic mass is 35.5. The highest BCUT2D eigenvalue weighted by molar-refractivity contribution is 7.80. The van der Waals surface area contributed by atoms with Crippen LogP contribution in [0.2, 0.25) is 10.0 Å². The van der Waals surface area contributed by atoms with Gasteiger partial charge in [-0.15, -0.1) is 0 Å². The molecular weight excluding hydrogens is 353 g/mol. The molecule has 0 aliphatic heterocycles. The summed E-state index contributed by atoms with van der Waals surface area (Å²) in [5.41, 5.74) is 3.22. The molecule has 2 aromatic rings. The van der Waals surface area contributed by atoms with Gasteiger partial charge >= 0.3 is 0 Å². The molecule has 0 saturated heterocycles. The summed E-state index contributed by atoms with van der Waals surface area (Å²) < 4.78 is 0. The number of thiocarbonyl (C=S) groups is 1. The second-order valence-electron chi connectivity index (χ2n) is 4.92. The molecule has 0 atom stereocenters. The minimum Gasteiger partial charge on any atom is -0.332 e. The molecule has 0 fully saturated rings. The number of anilines is 3. The average Bonchev–Trinajstić information content (AvgIpc) is 2.46. The first-order chi connectivity index (χ1) is 10.8. The molecule has 2 rings (SSSR count). The van der Waals surface area contributed by atoms with Crippen LogP contribution in [0.3, 0.4) is 0 Å². The van der Waals surface area contributed by atoms with Crippen LogP contribution in [0, 0.1) is 6.92 Å². The maximum Gasteiger partial charge on any atom is 0.221 e. The zero-order valence-electron chi connectivity index (χ0n) is 12.5. The molecule has 2 aromatic carbocycles. The Labute approximate surface area is 150 Å². The number of aryl methyl sites for hydroxylation is 1. The smallest absolute Gasteiger partial charge is 0.221 e. The number of carbonyl (C=O) groups is 1. The molecule has 0 aliphatic carbocycles. The highest BCUT2D eigenvalue weighted by Gasteiger charge is 2.06. The summed E-state index contributed by atoms with van der Waals surface area (Å²) in [4.78, 5) is 11.1. The Bertz CT molecular complexity index is 765. The summed E-state index contributed by atoms with van der Waals surface area (Å²) in [6, 6.07) is 10.7. The van der Waals surface area contributed by atoms with Crippen LogP contribution >= 0.6 is 35.4 Å². The van der Waals surface area contributed by atoms with Crippen molar-refractivity contribution in [3.05, 3.63) is 52.0 Å². The van der Waals surface area contributed by atoms with Crippen LogP contribution in [-0.4, -0.2) is 11.0 Å². The molecule has 23 heavy (non-hydrogen) atoms. The molecule has 0 aromatic heterocycles. The van der Waals surface area contributed by atoms with Crippen LogP contribution in [0.4, 0.5) is 17.1 Å². The van der Waals surface area contributed by atoms with E-state index in [-0.39, 0.29) is 5.91 Å². The van der Waals surface area contributed by atoms with E-state index in [1.54, 1.807) is 18.2 Å². The summed E-state index contributed by atoms with van der Waals surface area (Å²) in [6.45, 7) is 3.41. The molecule has 4 nitrogen and oxygen atoms in total. The van der Waals surface area contributed by atoms with Gasteiger partial charge in [0.25, 0.3) is 0 Å². The Hall–Kier alpha value is -1.82. The van der Waals surface area contributed by atoms with Crippen molar-refractivity contribution in [2.75, 3.05) is 16.0 Å². The maximum absolute atomic E-state index is 11.1. The number of carbonyl (C=O) groups excluding carboxylic acids is 1. The zero-order valence-corrected chi connectivity index (χ0v) is 14.9. The quantitative estimate of drug-likeness (QED) is 0.662. The molecule has 3 N–H and O–H groups in total. The van der Waals surface area contributed by atoms with Crippen molar-refractivity contribution < 1.29 is 4.79 Å². The fourth-order valence-electron chi connectivity index (χ4n) is 1.90. The molecule has 7 heteroatoms. The summed E-state index contributed by atoms with van der Waals surface area (Å²) in [5.74, 6) is -0.128. The van der Waals surface area contributed by atoms with Gasteiger partial charge in [-0.1, -0.05) is 29.3 Å². The van der Waals surface area contributed by atoms with Crippen LogP contribution in [0.15, 0.2) is 36.4 Å². The number of benzene rings is 2. The Kier molecular flexibility index (Phi) is 5.82. The van der Waals surface area contributed by atoms with Gasteiger partial charge in [-0.3, -0.25) is 4.79 Å². The van der Waals surface area contributed by atoms with Crippen molar-refractivity contribution in [1.29, 1.82) is 0 Å². The predicted molar refractivity (Wildman–Crippen MR) is 102 cm³/mol. The first-order valence-electron chi connectivity index (χ1n) is 6.76.